The van der Waals surface area contributed by atoms with Gasteiger partial charge in [0.05, 0.1) is 12.5 Å². The Morgan fingerprint density at radius 1 is 0.966 bits per heavy atom. The number of rotatable bonds is 9. The van der Waals surface area contributed by atoms with E-state index in [4.69, 9.17) is 13.9 Å². The first-order valence-electron chi connectivity index (χ1n) is 10.0. The van der Waals surface area contributed by atoms with E-state index in [9.17, 15) is 9.59 Å². The van der Waals surface area contributed by atoms with Crippen molar-refractivity contribution < 1.29 is 18.7 Å². The SMILES string of the molecule is CCCCCCCC(=O)Oc1c(-c2ccc(OC)cc2)oc2ccccc2c1=O. The van der Waals surface area contributed by atoms with Gasteiger partial charge in [0.15, 0.2) is 5.76 Å². The fourth-order valence-corrected chi connectivity index (χ4v) is 3.19. The molecule has 0 bridgehead atoms. The Bertz CT molecular complexity index is 1020. The van der Waals surface area contributed by atoms with Gasteiger partial charge in [0, 0.05) is 12.0 Å². The lowest BCUT2D eigenvalue weighted by molar-refractivity contribution is -0.134. The number of fused-ring (bicyclic) bond motifs is 1. The Balaban J connectivity index is 1.92. The summed E-state index contributed by atoms with van der Waals surface area (Å²) in [4.78, 5) is 25.4. The fraction of sp³-hybridized carbons (Fsp3) is 0.333. The van der Waals surface area contributed by atoms with Crippen molar-refractivity contribution in [3.63, 3.8) is 0 Å². The van der Waals surface area contributed by atoms with Crippen molar-refractivity contribution in [2.24, 2.45) is 0 Å². The van der Waals surface area contributed by atoms with Gasteiger partial charge in [0.1, 0.15) is 11.3 Å². The molecule has 0 amide bonds. The minimum Gasteiger partial charge on any atom is -0.497 e. The van der Waals surface area contributed by atoms with Crippen molar-refractivity contribution in [1.82, 2.24) is 0 Å². The summed E-state index contributed by atoms with van der Waals surface area (Å²) < 4.78 is 16.7. The number of methoxy groups -OCH3 is 1. The Morgan fingerprint density at radius 2 is 1.69 bits per heavy atom. The molecule has 3 rings (SSSR count). The number of esters is 1. The largest absolute Gasteiger partial charge is 0.497 e. The second kappa shape index (κ2) is 9.92. The predicted molar refractivity (Wildman–Crippen MR) is 113 cm³/mol. The van der Waals surface area contributed by atoms with Crippen molar-refractivity contribution >= 4 is 16.9 Å². The lowest BCUT2D eigenvalue weighted by atomic mass is 10.1. The van der Waals surface area contributed by atoms with Crippen LogP contribution in [0.2, 0.25) is 0 Å². The number of carbonyl (C=O) groups is 1. The third-order valence-electron chi connectivity index (χ3n) is 4.81. The van der Waals surface area contributed by atoms with Crippen LogP contribution in [0.4, 0.5) is 0 Å². The lowest BCUT2D eigenvalue weighted by Gasteiger charge is -2.11. The summed E-state index contributed by atoms with van der Waals surface area (Å²) in [6.45, 7) is 2.15. The summed E-state index contributed by atoms with van der Waals surface area (Å²) in [5.74, 6) is 0.449. The summed E-state index contributed by atoms with van der Waals surface area (Å²) in [6, 6.07) is 14.0. The van der Waals surface area contributed by atoms with Crippen LogP contribution < -0.4 is 14.9 Å². The molecule has 0 aliphatic rings. The highest BCUT2D eigenvalue weighted by atomic mass is 16.5. The molecule has 0 spiro atoms. The Morgan fingerprint density at radius 3 is 2.41 bits per heavy atom. The van der Waals surface area contributed by atoms with Gasteiger partial charge in [0.2, 0.25) is 11.2 Å². The topological polar surface area (TPSA) is 65.7 Å². The molecule has 0 aliphatic carbocycles. The molecule has 29 heavy (non-hydrogen) atoms. The highest BCUT2D eigenvalue weighted by Crippen LogP contribution is 2.32. The van der Waals surface area contributed by atoms with Crippen LogP contribution in [0.3, 0.4) is 0 Å². The monoisotopic (exact) mass is 394 g/mol. The zero-order valence-corrected chi connectivity index (χ0v) is 16.9. The molecule has 5 nitrogen and oxygen atoms in total. The third kappa shape index (κ3) is 5.05. The molecule has 5 heteroatoms. The predicted octanol–water partition coefficient (Wildman–Crippen LogP) is 5.73. The molecule has 2 aromatic carbocycles. The first kappa shape index (κ1) is 20.6. The van der Waals surface area contributed by atoms with Crippen molar-refractivity contribution in [3.8, 4) is 22.8 Å². The van der Waals surface area contributed by atoms with E-state index in [1.807, 2.05) is 0 Å². The van der Waals surface area contributed by atoms with Crippen LogP contribution in [-0.2, 0) is 4.79 Å². The van der Waals surface area contributed by atoms with Crippen LogP contribution in [0.5, 0.6) is 11.5 Å². The van der Waals surface area contributed by atoms with Gasteiger partial charge < -0.3 is 13.9 Å². The van der Waals surface area contributed by atoms with Gasteiger partial charge in [-0.15, -0.1) is 0 Å². The average Bonchev–Trinajstić information content (AvgIpc) is 2.75. The second-order valence-corrected chi connectivity index (χ2v) is 6.95. The summed E-state index contributed by atoms with van der Waals surface area (Å²) in [6.07, 6.45) is 5.39. The van der Waals surface area contributed by atoms with Gasteiger partial charge in [-0.2, -0.15) is 0 Å². The Hall–Kier alpha value is -3.08. The average molecular weight is 394 g/mol. The minimum absolute atomic E-state index is 0.0626. The van der Waals surface area contributed by atoms with Crippen molar-refractivity contribution in [2.45, 2.75) is 45.4 Å². The van der Waals surface area contributed by atoms with Gasteiger partial charge in [-0.1, -0.05) is 44.7 Å². The highest BCUT2D eigenvalue weighted by molar-refractivity contribution is 5.84. The lowest BCUT2D eigenvalue weighted by Crippen LogP contribution is -2.16. The molecular weight excluding hydrogens is 368 g/mol. The van der Waals surface area contributed by atoms with Crippen molar-refractivity contribution in [2.75, 3.05) is 7.11 Å². The number of hydrogen-bond acceptors (Lipinski definition) is 5. The van der Waals surface area contributed by atoms with E-state index in [2.05, 4.69) is 6.92 Å². The summed E-state index contributed by atoms with van der Waals surface area (Å²) in [7, 11) is 1.58. The molecule has 0 unspecified atom stereocenters. The Labute approximate surface area is 170 Å². The standard InChI is InChI=1S/C24H26O5/c1-3-4-5-6-7-12-21(25)29-24-22(26)19-10-8-9-11-20(19)28-23(24)17-13-15-18(27-2)16-14-17/h8-11,13-16H,3-7,12H2,1-2H3. The van der Waals surface area contributed by atoms with Crippen molar-refractivity contribution in [1.29, 1.82) is 0 Å². The number of benzene rings is 2. The van der Waals surface area contributed by atoms with E-state index in [0.29, 0.717) is 22.3 Å². The van der Waals surface area contributed by atoms with E-state index >= 15 is 0 Å². The molecule has 0 radical (unpaired) electrons. The molecule has 0 saturated heterocycles. The van der Waals surface area contributed by atoms with E-state index < -0.39 is 5.97 Å². The van der Waals surface area contributed by atoms with Crippen LogP contribution in [0.15, 0.2) is 57.7 Å². The summed E-state index contributed by atoms with van der Waals surface area (Å²) in [5, 5.41) is 0.385. The molecule has 1 aromatic heterocycles. The maximum atomic E-state index is 13.0. The summed E-state index contributed by atoms with van der Waals surface area (Å²) >= 11 is 0. The minimum atomic E-state index is -0.418. The highest BCUT2D eigenvalue weighted by Gasteiger charge is 2.20. The quantitative estimate of drug-likeness (QED) is 0.342. The van der Waals surface area contributed by atoms with Crippen LogP contribution in [-0.4, -0.2) is 13.1 Å². The fourth-order valence-electron chi connectivity index (χ4n) is 3.19. The zero-order valence-electron chi connectivity index (χ0n) is 16.9. The van der Waals surface area contributed by atoms with Gasteiger partial charge in [-0.3, -0.25) is 9.59 Å². The molecule has 1 heterocycles. The van der Waals surface area contributed by atoms with E-state index in [0.717, 1.165) is 32.1 Å². The molecule has 3 aromatic rings. The van der Waals surface area contributed by atoms with Crippen molar-refractivity contribution in [3.05, 3.63) is 58.8 Å². The van der Waals surface area contributed by atoms with Crippen LogP contribution in [0, 0.1) is 0 Å². The molecular formula is C24H26O5. The van der Waals surface area contributed by atoms with Gasteiger partial charge in [-0.25, -0.2) is 0 Å². The Kier molecular flexibility index (Phi) is 7.06. The van der Waals surface area contributed by atoms with Gasteiger partial charge >= 0.3 is 5.97 Å². The third-order valence-corrected chi connectivity index (χ3v) is 4.81. The zero-order chi connectivity index (χ0) is 20.6. The summed E-state index contributed by atoms with van der Waals surface area (Å²) in [5.41, 5.74) is 0.735. The van der Waals surface area contributed by atoms with Crippen LogP contribution in [0.1, 0.15) is 45.4 Å². The van der Waals surface area contributed by atoms with Gasteiger partial charge in [-0.05, 0) is 42.8 Å². The molecule has 0 fully saturated rings. The van der Waals surface area contributed by atoms with E-state index in [1.54, 1.807) is 55.6 Å². The number of carbonyl (C=O) groups excluding carboxylic acids is 1. The van der Waals surface area contributed by atoms with E-state index in [-0.39, 0.29) is 23.4 Å². The smallest absolute Gasteiger partial charge is 0.311 e. The van der Waals surface area contributed by atoms with Crippen LogP contribution in [0.25, 0.3) is 22.3 Å². The molecule has 0 aliphatic heterocycles. The number of unbranched alkanes of at least 4 members (excludes halogenated alkanes) is 4. The normalized spacial score (nSPS) is 10.8. The number of ether oxygens (including phenoxy) is 2. The molecule has 0 atom stereocenters. The second-order valence-electron chi connectivity index (χ2n) is 6.95. The maximum absolute atomic E-state index is 13.0. The first-order valence-corrected chi connectivity index (χ1v) is 10.0. The first-order chi connectivity index (χ1) is 14.1. The van der Waals surface area contributed by atoms with E-state index in [1.165, 1.54) is 0 Å². The maximum Gasteiger partial charge on any atom is 0.311 e. The van der Waals surface area contributed by atoms with Crippen LogP contribution >= 0.6 is 0 Å². The molecule has 152 valence electrons. The van der Waals surface area contributed by atoms with Gasteiger partial charge in [0.25, 0.3) is 0 Å². The number of hydrogen-bond donors (Lipinski definition) is 0. The molecule has 0 N–H and O–H groups in total. The molecule has 0 saturated carbocycles. The number of para-hydroxylation sites is 1.